The standard InChI is InChI=1S/C17H34N4O2/c1-14(15-5-11-23-12-6-15)19-16(22)18-13-17(2,3)21-9-7-20(4)8-10-21/h14-15H,5-13H2,1-4H3,(H2,18,19,22). The molecule has 2 amide bonds. The molecule has 1 atom stereocenters. The Morgan fingerprint density at radius 2 is 1.83 bits per heavy atom. The third-order valence-electron chi connectivity index (χ3n) is 5.37. The molecular formula is C17H34N4O2. The molecular weight excluding hydrogens is 292 g/mol. The van der Waals surface area contributed by atoms with Gasteiger partial charge in [-0.25, -0.2) is 4.79 Å². The van der Waals surface area contributed by atoms with Crippen molar-refractivity contribution in [2.24, 2.45) is 5.92 Å². The monoisotopic (exact) mass is 326 g/mol. The van der Waals surface area contributed by atoms with Gasteiger partial charge < -0.3 is 20.3 Å². The predicted octanol–water partition coefficient (Wildman–Crippen LogP) is 1.13. The molecule has 2 aliphatic heterocycles. The summed E-state index contributed by atoms with van der Waals surface area (Å²) in [5.41, 5.74) is -0.0134. The van der Waals surface area contributed by atoms with Gasteiger partial charge in [-0.3, -0.25) is 4.90 Å². The van der Waals surface area contributed by atoms with E-state index in [1.54, 1.807) is 0 Å². The van der Waals surface area contributed by atoms with Crippen LogP contribution in [0.25, 0.3) is 0 Å². The largest absolute Gasteiger partial charge is 0.381 e. The van der Waals surface area contributed by atoms with E-state index >= 15 is 0 Å². The summed E-state index contributed by atoms with van der Waals surface area (Å²) in [5.74, 6) is 0.528. The number of carbonyl (C=O) groups excluding carboxylic acids is 1. The average molecular weight is 326 g/mol. The molecule has 0 aromatic carbocycles. The lowest BCUT2D eigenvalue weighted by Gasteiger charge is -2.43. The minimum absolute atomic E-state index is 0.0134. The number of rotatable bonds is 5. The molecule has 0 aliphatic carbocycles. The van der Waals surface area contributed by atoms with Gasteiger partial charge in [0, 0.05) is 57.5 Å². The molecule has 2 heterocycles. The molecule has 6 nitrogen and oxygen atoms in total. The van der Waals surface area contributed by atoms with Gasteiger partial charge in [-0.05, 0) is 46.6 Å². The van der Waals surface area contributed by atoms with E-state index in [4.69, 9.17) is 4.74 Å². The van der Waals surface area contributed by atoms with Crippen molar-refractivity contribution in [1.82, 2.24) is 20.4 Å². The molecule has 134 valence electrons. The molecule has 0 saturated carbocycles. The molecule has 2 saturated heterocycles. The van der Waals surface area contributed by atoms with Crippen LogP contribution in [-0.2, 0) is 4.74 Å². The van der Waals surface area contributed by atoms with Gasteiger partial charge in [0.15, 0.2) is 0 Å². The highest BCUT2D eigenvalue weighted by atomic mass is 16.5. The molecule has 0 bridgehead atoms. The maximum atomic E-state index is 12.2. The molecule has 2 fully saturated rings. The summed E-state index contributed by atoms with van der Waals surface area (Å²) in [7, 11) is 2.16. The van der Waals surface area contributed by atoms with Gasteiger partial charge in [0.05, 0.1) is 0 Å². The number of hydrogen-bond acceptors (Lipinski definition) is 4. The summed E-state index contributed by atoms with van der Waals surface area (Å²) >= 11 is 0. The number of carbonyl (C=O) groups is 1. The zero-order chi connectivity index (χ0) is 16.9. The van der Waals surface area contributed by atoms with Crippen molar-refractivity contribution >= 4 is 6.03 Å². The van der Waals surface area contributed by atoms with Crippen molar-refractivity contribution in [2.75, 3.05) is 53.0 Å². The summed E-state index contributed by atoms with van der Waals surface area (Å²) in [5, 5.41) is 6.16. The van der Waals surface area contributed by atoms with Crippen LogP contribution in [0.15, 0.2) is 0 Å². The summed E-state index contributed by atoms with van der Waals surface area (Å²) in [6, 6.07) is 0.150. The van der Waals surface area contributed by atoms with Gasteiger partial charge >= 0.3 is 6.03 Å². The van der Waals surface area contributed by atoms with Crippen molar-refractivity contribution < 1.29 is 9.53 Å². The Balaban J connectivity index is 1.72. The van der Waals surface area contributed by atoms with E-state index < -0.39 is 0 Å². The number of ether oxygens (including phenoxy) is 1. The highest BCUT2D eigenvalue weighted by Crippen LogP contribution is 2.19. The highest BCUT2D eigenvalue weighted by Gasteiger charge is 2.30. The van der Waals surface area contributed by atoms with Crippen molar-refractivity contribution in [3.63, 3.8) is 0 Å². The summed E-state index contributed by atoms with van der Waals surface area (Å²) in [6.07, 6.45) is 2.07. The van der Waals surface area contributed by atoms with Crippen molar-refractivity contribution in [2.45, 2.75) is 45.2 Å². The Bertz CT molecular complexity index is 375. The third-order valence-corrected chi connectivity index (χ3v) is 5.37. The Kier molecular flexibility index (Phi) is 6.68. The molecule has 2 rings (SSSR count). The van der Waals surface area contributed by atoms with Crippen LogP contribution in [-0.4, -0.2) is 80.4 Å². The van der Waals surface area contributed by atoms with Crippen molar-refractivity contribution in [3.05, 3.63) is 0 Å². The first-order valence-electron chi connectivity index (χ1n) is 8.94. The topological polar surface area (TPSA) is 56.8 Å². The number of nitrogens with one attached hydrogen (secondary N) is 2. The molecule has 0 aromatic rings. The second-order valence-electron chi connectivity index (χ2n) is 7.67. The van der Waals surface area contributed by atoms with E-state index in [0.717, 1.165) is 52.2 Å². The van der Waals surface area contributed by atoms with Crippen LogP contribution in [0.3, 0.4) is 0 Å². The Morgan fingerprint density at radius 3 is 2.43 bits per heavy atom. The molecule has 0 spiro atoms. The molecule has 23 heavy (non-hydrogen) atoms. The molecule has 1 unspecified atom stereocenters. The maximum absolute atomic E-state index is 12.2. The van der Waals surface area contributed by atoms with Crippen LogP contribution in [0.1, 0.15) is 33.6 Å². The van der Waals surface area contributed by atoms with Gasteiger partial charge in [0.1, 0.15) is 0 Å². The lowest BCUT2D eigenvalue weighted by molar-refractivity contribution is 0.0559. The SMILES string of the molecule is CC(NC(=O)NCC(C)(C)N1CCN(C)CC1)C1CCOCC1. The lowest BCUT2D eigenvalue weighted by Crippen LogP contribution is -2.59. The van der Waals surface area contributed by atoms with Crippen LogP contribution >= 0.6 is 0 Å². The van der Waals surface area contributed by atoms with Crippen molar-refractivity contribution in [1.29, 1.82) is 0 Å². The van der Waals surface area contributed by atoms with E-state index in [1.807, 2.05) is 0 Å². The van der Waals surface area contributed by atoms with E-state index in [9.17, 15) is 4.79 Å². The number of likely N-dealkylation sites (N-methyl/N-ethyl adjacent to an activating group) is 1. The fraction of sp³-hybridized carbons (Fsp3) is 0.941. The average Bonchev–Trinajstić information content (AvgIpc) is 2.54. The third kappa shape index (κ3) is 5.62. The highest BCUT2D eigenvalue weighted by molar-refractivity contribution is 5.74. The van der Waals surface area contributed by atoms with Gasteiger partial charge in [-0.1, -0.05) is 0 Å². The van der Waals surface area contributed by atoms with Gasteiger partial charge in [-0.2, -0.15) is 0 Å². The van der Waals surface area contributed by atoms with Crippen molar-refractivity contribution in [3.8, 4) is 0 Å². The first-order valence-corrected chi connectivity index (χ1v) is 8.94. The van der Waals surface area contributed by atoms with E-state index in [-0.39, 0.29) is 17.6 Å². The summed E-state index contributed by atoms with van der Waals surface area (Å²) in [6.45, 7) is 13.1. The minimum atomic E-state index is -0.0498. The van der Waals surface area contributed by atoms with Crippen LogP contribution in [0.5, 0.6) is 0 Å². The summed E-state index contributed by atoms with van der Waals surface area (Å²) < 4.78 is 5.38. The first kappa shape index (κ1) is 18.5. The lowest BCUT2D eigenvalue weighted by atomic mass is 9.93. The van der Waals surface area contributed by atoms with Crippen LogP contribution < -0.4 is 10.6 Å². The molecule has 0 radical (unpaired) electrons. The Labute approximate surface area is 140 Å². The van der Waals surface area contributed by atoms with Crippen LogP contribution in [0, 0.1) is 5.92 Å². The zero-order valence-corrected chi connectivity index (χ0v) is 15.2. The molecule has 2 N–H and O–H groups in total. The van der Waals surface area contributed by atoms with E-state index in [1.165, 1.54) is 0 Å². The number of hydrogen-bond donors (Lipinski definition) is 2. The molecule has 6 heteroatoms. The van der Waals surface area contributed by atoms with Crippen LogP contribution in [0.2, 0.25) is 0 Å². The zero-order valence-electron chi connectivity index (χ0n) is 15.2. The predicted molar refractivity (Wildman–Crippen MR) is 92.7 cm³/mol. The van der Waals surface area contributed by atoms with E-state index in [2.05, 4.69) is 48.3 Å². The fourth-order valence-electron chi connectivity index (χ4n) is 3.41. The maximum Gasteiger partial charge on any atom is 0.315 e. The molecule has 0 aromatic heterocycles. The number of amides is 2. The first-order chi connectivity index (χ1) is 10.9. The number of urea groups is 1. The second-order valence-corrected chi connectivity index (χ2v) is 7.67. The van der Waals surface area contributed by atoms with Crippen LogP contribution in [0.4, 0.5) is 4.79 Å². The summed E-state index contributed by atoms with van der Waals surface area (Å²) in [4.78, 5) is 17.0. The number of piperazine rings is 1. The normalized spacial score (nSPS) is 23.5. The minimum Gasteiger partial charge on any atom is -0.381 e. The van der Waals surface area contributed by atoms with Gasteiger partial charge in [0.2, 0.25) is 0 Å². The quantitative estimate of drug-likeness (QED) is 0.795. The second kappa shape index (κ2) is 8.31. The van der Waals surface area contributed by atoms with Gasteiger partial charge in [-0.15, -0.1) is 0 Å². The van der Waals surface area contributed by atoms with E-state index in [0.29, 0.717) is 12.5 Å². The molecule has 2 aliphatic rings. The fourth-order valence-corrected chi connectivity index (χ4v) is 3.41. The number of nitrogens with zero attached hydrogens (tertiary/aromatic N) is 2. The Morgan fingerprint density at radius 1 is 1.22 bits per heavy atom. The Hall–Kier alpha value is -0.850. The smallest absolute Gasteiger partial charge is 0.315 e. The van der Waals surface area contributed by atoms with Gasteiger partial charge in [0.25, 0.3) is 0 Å².